The predicted octanol–water partition coefficient (Wildman–Crippen LogP) is 5.26. The minimum absolute atomic E-state index is 0.0101. The Morgan fingerprint density at radius 1 is 0.964 bits per heavy atom. The third-order valence-electron chi connectivity index (χ3n) is 5.83. The highest BCUT2D eigenvalue weighted by Crippen LogP contribution is 2.43. The number of hydrogen-bond donors (Lipinski definition) is 1. The lowest BCUT2D eigenvalue weighted by Gasteiger charge is -2.31. The lowest BCUT2D eigenvalue weighted by molar-refractivity contribution is 0.218. The van der Waals surface area contributed by atoms with Crippen molar-refractivity contribution in [1.29, 1.82) is 0 Å². The smallest absolute Gasteiger partial charge is 0.170 e. The van der Waals surface area contributed by atoms with Crippen LogP contribution in [0.4, 0.5) is 0 Å². The van der Waals surface area contributed by atoms with Crippen molar-refractivity contribution in [3.8, 4) is 11.3 Å². The number of furan rings is 1. The Morgan fingerprint density at radius 3 is 2.50 bits per heavy atom. The Labute approximate surface area is 170 Å². The minimum Gasteiger partial charge on any atom is -0.459 e. The summed E-state index contributed by atoms with van der Waals surface area (Å²) in [6.45, 7) is 0. The molecule has 1 saturated heterocycles. The first-order chi connectivity index (χ1) is 13.8. The zero-order valence-electron chi connectivity index (χ0n) is 15.6. The van der Waals surface area contributed by atoms with Gasteiger partial charge in [-0.25, -0.2) is 0 Å². The van der Waals surface area contributed by atoms with Crippen LogP contribution in [-0.2, 0) is 0 Å². The number of nitrogens with zero attached hydrogens (tertiary/aromatic N) is 2. The summed E-state index contributed by atoms with van der Waals surface area (Å²) in [4.78, 5) is 6.98. The van der Waals surface area contributed by atoms with E-state index in [1.807, 2.05) is 36.5 Å². The van der Waals surface area contributed by atoms with Crippen LogP contribution in [0.15, 0.2) is 71.3 Å². The van der Waals surface area contributed by atoms with Crippen molar-refractivity contribution in [3.63, 3.8) is 0 Å². The SMILES string of the molecule is S=C1N[C@H](c2ccccn2)[C@@H](c2ccc(-c3ccccc3)o2)N1C1CCCC1. The van der Waals surface area contributed by atoms with Crippen molar-refractivity contribution < 1.29 is 4.42 Å². The molecule has 1 aromatic carbocycles. The van der Waals surface area contributed by atoms with Crippen LogP contribution in [0, 0.1) is 0 Å². The van der Waals surface area contributed by atoms with Gasteiger partial charge in [0, 0.05) is 17.8 Å². The molecule has 0 unspecified atom stereocenters. The van der Waals surface area contributed by atoms with Crippen LogP contribution in [0.1, 0.15) is 49.2 Å². The number of nitrogens with one attached hydrogen (secondary N) is 1. The van der Waals surface area contributed by atoms with Crippen molar-refractivity contribution in [2.75, 3.05) is 0 Å². The van der Waals surface area contributed by atoms with Gasteiger partial charge in [-0.15, -0.1) is 0 Å². The summed E-state index contributed by atoms with van der Waals surface area (Å²) in [6, 6.07) is 20.9. The van der Waals surface area contributed by atoms with Crippen molar-refractivity contribution in [2.24, 2.45) is 0 Å². The molecule has 1 saturated carbocycles. The Bertz CT molecular complexity index is 950. The Kier molecular flexibility index (Phi) is 4.61. The van der Waals surface area contributed by atoms with Crippen LogP contribution in [0.2, 0.25) is 0 Å². The highest BCUT2D eigenvalue weighted by atomic mass is 32.1. The molecule has 2 fully saturated rings. The highest BCUT2D eigenvalue weighted by molar-refractivity contribution is 7.80. The van der Waals surface area contributed by atoms with E-state index in [1.165, 1.54) is 25.7 Å². The summed E-state index contributed by atoms with van der Waals surface area (Å²) in [5, 5.41) is 4.34. The zero-order chi connectivity index (χ0) is 18.9. The fraction of sp³-hybridized carbons (Fsp3) is 0.304. The van der Waals surface area contributed by atoms with E-state index in [0.29, 0.717) is 6.04 Å². The van der Waals surface area contributed by atoms with Crippen molar-refractivity contribution in [1.82, 2.24) is 15.2 Å². The standard InChI is InChI=1S/C23H23N3OS/c28-23-25-21(18-12-6-7-15-24-18)22(26(23)17-10-4-5-11-17)20-14-13-19(27-20)16-8-2-1-3-9-16/h1-3,6-9,12-15,17,21-22H,4-5,10-11H2,(H,25,28)/t21-,22-/m1/s1. The molecule has 4 nitrogen and oxygen atoms in total. The van der Waals surface area contributed by atoms with E-state index >= 15 is 0 Å². The molecule has 3 aromatic rings. The summed E-state index contributed by atoms with van der Waals surface area (Å²) < 4.78 is 6.37. The first-order valence-electron chi connectivity index (χ1n) is 9.96. The summed E-state index contributed by atoms with van der Waals surface area (Å²) in [5.74, 6) is 1.83. The number of pyridine rings is 1. The van der Waals surface area contributed by atoms with E-state index < -0.39 is 0 Å². The zero-order valence-corrected chi connectivity index (χ0v) is 16.4. The first-order valence-corrected chi connectivity index (χ1v) is 10.4. The molecule has 1 aliphatic carbocycles. The van der Waals surface area contributed by atoms with Gasteiger partial charge in [0.2, 0.25) is 0 Å². The van der Waals surface area contributed by atoms with Gasteiger partial charge in [-0.3, -0.25) is 4.98 Å². The third-order valence-corrected chi connectivity index (χ3v) is 6.16. The maximum absolute atomic E-state index is 6.37. The lowest BCUT2D eigenvalue weighted by Crippen LogP contribution is -2.37. The normalized spacial score (nSPS) is 22.6. The second kappa shape index (κ2) is 7.40. The Balaban J connectivity index is 1.55. The lowest BCUT2D eigenvalue weighted by atomic mass is 10.0. The maximum atomic E-state index is 6.37. The van der Waals surface area contributed by atoms with E-state index in [9.17, 15) is 0 Å². The topological polar surface area (TPSA) is 41.3 Å². The van der Waals surface area contributed by atoms with Crippen LogP contribution in [0.5, 0.6) is 0 Å². The van der Waals surface area contributed by atoms with Crippen molar-refractivity contribution >= 4 is 17.3 Å². The molecule has 3 heterocycles. The quantitative estimate of drug-likeness (QED) is 0.617. The molecule has 0 spiro atoms. The van der Waals surface area contributed by atoms with Crippen molar-refractivity contribution in [3.05, 3.63) is 78.3 Å². The van der Waals surface area contributed by atoms with Gasteiger partial charge >= 0.3 is 0 Å². The fourth-order valence-electron chi connectivity index (χ4n) is 4.52. The molecule has 5 heteroatoms. The molecule has 142 valence electrons. The first kappa shape index (κ1) is 17.4. The summed E-state index contributed by atoms with van der Waals surface area (Å²) >= 11 is 5.78. The number of thiocarbonyl (C=S) groups is 1. The third kappa shape index (κ3) is 3.10. The van der Waals surface area contributed by atoms with Gasteiger partial charge in [0.05, 0.1) is 11.7 Å². The van der Waals surface area contributed by atoms with Gasteiger partial charge < -0.3 is 14.6 Å². The molecular formula is C23H23N3OS. The monoisotopic (exact) mass is 389 g/mol. The van der Waals surface area contributed by atoms with Gasteiger partial charge in [-0.2, -0.15) is 0 Å². The van der Waals surface area contributed by atoms with Crippen LogP contribution in [-0.4, -0.2) is 21.0 Å². The molecule has 0 bridgehead atoms. The number of benzene rings is 1. The van der Waals surface area contributed by atoms with E-state index in [4.69, 9.17) is 16.6 Å². The van der Waals surface area contributed by atoms with Gasteiger partial charge in [0.25, 0.3) is 0 Å². The predicted molar refractivity (Wildman–Crippen MR) is 114 cm³/mol. The second-order valence-electron chi connectivity index (χ2n) is 7.54. The molecule has 2 aliphatic rings. The molecule has 0 amide bonds. The average Bonchev–Trinajstić information content (AvgIpc) is 3.48. The molecule has 28 heavy (non-hydrogen) atoms. The Morgan fingerprint density at radius 2 is 1.75 bits per heavy atom. The van der Waals surface area contributed by atoms with Crippen LogP contribution in [0.25, 0.3) is 11.3 Å². The second-order valence-corrected chi connectivity index (χ2v) is 7.93. The summed E-state index contributed by atoms with van der Waals surface area (Å²) in [7, 11) is 0. The largest absolute Gasteiger partial charge is 0.459 e. The maximum Gasteiger partial charge on any atom is 0.170 e. The number of rotatable bonds is 4. The fourth-order valence-corrected chi connectivity index (χ4v) is 4.90. The van der Waals surface area contributed by atoms with Crippen molar-refractivity contribution in [2.45, 2.75) is 43.8 Å². The number of aromatic nitrogens is 1. The van der Waals surface area contributed by atoms with E-state index in [2.05, 4.69) is 45.5 Å². The van der Waals surface area contributed by atoms with E-state index in [0.717, 1.165) is 27.9 Å². The van der Waals surface area contributed by atoms with Crippen LogP contribution >= 0.6 is 12.2 Å². The molecule has 0 radical (unpaired) electrons. The van der Waals surface area contributed by atoms with Crippen LogP contribution in [0.3, 0.4) is 0 Å². The van der Waals surface area contributed by atoms with Gasteiger partial charge in [-0.1, -0.05) is 49.2 Å². The molecule has 5 rings (SSSR count). The van der Waals surface area contributed by atoms with Crippen LogP contribution < -0.4 is 5.32 Å². The highest BCUT2D eigenvalue weighted by Gasteiger charge is 2.45. The molecular weight excluding hydrogens is 366 g/mol. The van der Waals surface area contributed by atoms with E-state index in [1.54, 1.807) is 0 Å². The molecule has 1 aliphatic heterocycles. The van der Waals surface area contributed by atoms with Gasteiger partial charge in [0.1, 0.15) is 17.6 Å². The molecule has 2 atom stereocenters. The van der Waals surface area contributed by atoms with E-state index in [-0.39, 0.29) is 12.1 Å². The summed E-state index contributed by atoms with van der Waals surface area (Å²) in [6.07, 6.45) is 6.72. The number of hydrogen-bond acceptors (Lipinski definition) is 3. The molecule has 2 aromatic heterocycles. The van der Waals surface area contributed by atoms with Gasteiger partial charge in [0.15, 0.2) is 5.11 Å². The molecule has 1 N–H and O–H groups in total. The van der Waals surface area contributed by atoms with Gasteiger partial charge in [-0.05, 0) is 49.3 Å². The minimum atomic E-state index is -0.0101. The summed E-state index contributed by atoms with van der Waals surface area (Å²) in [5.41, 5.74) is 2.08. The average molecular weight is 390 g/mol. The Hall–Kier alpha value is -2.66.